The molecule has 0 heterocycles. The van der Waals surface area contributed by atoms with Gasteiger partial charge in [-0.05, 0) is 36.6 Å². The third-order valence-corrected chi connectivity index (χ3v) is 4.82. The summed E-state index contributed by atoms with van der Waals surface area (Å²) in [6.07, 6.45) is -2.98. The highest BCUT2D eigenvalue weighted by molar-refractivity contribution is 5.96. The van der Waals surface area contributed by atoms with Crippen LogP contribution >= 0.6 is 0 Å². The van der Waals surface area contributed by atoms with E-state index in [2.05, 4.69) is 0 Å². The summed E-state index contributed by atoms with van der Waals surface area (Å²) < 4.78 is 55.9. The van der Waals surface area contributed by atoms with E-state index in [9.17, 15) is 18.0 Å². The topological polar surface area (TPSA) is 48.0 Å². The van der Waals surface area contributed by atoms with E-state index in [0.29, 0.717) is 17.2 Å². The molecule has 1 aliphatic rings. The summed E-state index contributed by atoms with van der Waals surface area (Å²) in [5.41, 5.74) is -0.410. The highest BCUT2D eigenvalue weighted by Gasteiger charge is 2.37. The van der Waals surface area contributed by atoms with Gasteiger partial charge in [0.1, 0.15) is 0 Å². The minimum absolute atomic E-state index is 0.0627. The molecule has 156 valence electrons. The van der Waals surface area contributed by atoms with Gasteiger partial charge in [-0.15, -0.1) is 0 Å². The van der Waals surface area contributed by atoms with Crippen molar-refractivity contribution in [1.29, 1.82) is 0 Å². The van der Waals surface area contributed by atoms with Crippen molar-refractivity contribution in [3.8, 4) is 17.2 Å². The van der Waals surface area contributed by atoms with Crippen LogP contribution in [-0.4, -0.2) is 38.2 Å². The van der Waals surface area contributed by atoms with E-state index in [0.717, 1.165) is 18.9 Å². The summed E-state index contributed by atoms with van der Waals surface area (Å²) in [5, 5.41) is 0. The summed E-state index contributed by atoms with van der Waals surface area (Å²) >= 11 is 0. The molecule has 2 aromatic carbocycles. The Labute approximate surface area is 167 Å². The first-order valence-corrected chi connectivity index (χ1v) is 9.06. The maximum Gasteiger partial charge on any atom is 0.416 e. The number of hydrogen-bond acceptors (Lipinski definition) is 4. The van der Waals surface area contributed by atoms with Gasteiger partial charge in [0.15, 0.2) is 11.5 Å². The highest BCUT2D eigenvalue weighted by atomic mass is 19.4. The molecule has 1 saturated carbocycles. The fraction of sp³-hybridized carbons (Fsp3) is 0.381. The summed E-state index contributed by atoms with van der Waals surface area (Å²) in [6.45, 7) is -0.129. The van der Waals surface area contributed by atoms with Gasteiger partial charge in [0.2, 0.25) is 5.75 Å². The van der Waals surface area contributed by atoms with Crippen LogP contribution < -0.4 is 14.2 Å². The van der Waals surface area contributed by atoms with Crippen molar-refractivity contribution in [2.75, 3.05) is 21.3 Å². The number of hydrogen-bond donors (Lipinski definition) is 0. The van der Waals surface area contributed by atoms with Crippen LogP contribution in [0, 0.1) is 0 Å². The van der Waals surface area contributed by atoms with E-state index in [-0.39, 0.29) is 29.6 Å². The summed E-state index contributed by atoms with van der Waals surface area (Å²) in [4.78, 5) is 14.7. The number of halogens is 3. The lowest BCUT2D eigenvalue weighted by molar-refractivity contribution is -0.138. The second-order valence-electron chi connectivity index (χ2n) is 6.73. The zero-order chi connectivity index (χ0) is 21.2. The first-order chi connectivity index (χ1) is 13.8. The van der Waals surface area contributed by atoms with Crippen molar-refractivity contribution in [2.24, 2.45) is 0 Å². The largest absolute Gasteiger partial charge is 0.493 e. The Kier molecular flexibility index (Phi) is 5.91. The molecule has 8 heteroatoms. The van der Waals surface area contributed by atoms with Crippen LogP contribution in [0.5, 0.6) is 17.2 Å². The number of rotatable bonds is 7. The van der Waals surface area contributed by atoms with E-state index in [1.165, 1.54) is 50.5 Å². The molecular weight excluding hydrogens is 387 g/mol. The molecule has 3 rings (SSSR count). The lowest BCUT2D eigenvalue weighted by Gasteiger charge is -2.25. The van der Waals surface area contributed by atoms with Gasteiger partial charge in [-0.3, -0.25) is 4.79 Å². The van der Waals surface area contributed by atoms with Gasteiger partial charge in [-0.2, -0.15) is 13.2 Å². The molecule has 0 atom stereocenters. The zero-order valence-corrected chi connectivity index (χ0v) is 16.4. The molecule has 2 aromatic rings. The lowest BCUT2D eigenvalue weighted by atomic mass is 10.1. The number of alkyl halides is 3. The zero-order valence-electron chi connectivity index (χ0n) is 16.4. The predicted molar refractivity (Wildman–Crippen MR) is 100 cm³/mol. The molecule has 0 unspecified atom stereocenters. The van der Waals surface area contributed by atoms with Crippen LogP contribution in [0.25, 0.3) is 0 Å². The smallest absolute Gasteiger partial charge is 0.416 e. The molecule has 0 N–H and O–H groups in total. The summed E-state index contributed by atoms with van der Waals surface area (Å²) in [7, 11) is 4.32. The van der Waals surface area contributed by atoms with Crippen molar-refractivity contribution in [3.05, 3.63) is 53.1 Å². The van der Waals surface area contributed by atoms with Crippen LogP contribution in [0.1, 0.15) is 34.3 Å². The molecule has 0 aromatic heterocycles. The fourth-order valence-electron chi connectivity index (χ4n) is 3.24. The van der Waals surface area contributed by atoms with Crippen molar-refractivity contribution in [1.82, 2.24) is 4.90 Å². The van der Waals surface area contributed by atoms with Crippen LogP contribution in [0.2, 0.25) is 0 Å². The standard InChI is InChI=1S/C21H22F3NO4/c1-27-17-10-14(11-18(28-2)19(17)29-3)20(26)25(15-8-9-15)12-13-6-4-5-7-16(13)21(22,23)24/h4-7,10-11,15H,8-9,12H2,1-3H3. The molecule has 0 aliphatic heterocycles. The van der Waals surface area contributed by atoms with Gasteiger partial charge in [0.05, 0.1) is 26.9 Å². The maximum absolute atomic E-state index is 13.4. The Morgan fingerprint density at radius 1 is 1.03 bits per heavy atom. The van der Waals surface area contributed by atoms with Gasteiger partial charge in [-0.25, -0.2) is 0 Å². The molecule has 0 spiro atoms. The van der Waals surface area contributed by atoms with Crippen molar-refractivity contribution >= 4 is 5.91 Å². The van der Waals surface area contributed by atoms with Crippen LogP contribution in [0.3, 0.4) is 0 Å². The van der Waals surface area contributed by atoms with E-state index >= 15 is 0 Å². The molecular formula is C21H22F3NO4. The second-order valence-corrected chi connectivity index (χ2v) is 6.73. The number of carbonyl (C=O) groups is 1. The van der Waals surface area contributed by atoms with E-state index in [1.54, 1.807) is 6.07 Å². The van der Waals surface area contributed by atoms with E-state index < -0.39 is 11.7 Å². The van der Waals surface area contributed by atoms with E-state index in [4.69, 9.17) is 14.2 Å². The van der Waals surface area contributed by atoms with Gasteiger partial charge in [-0.1, -0.05) is 18.2 Å². The second kappa shape index (κ2) is 8.23. The van der Waals surface area contributed by atoms with Gasteiger partial charge >= 0.3 is 6.18 Å². The predicted octanol–water partition coefficient (Wildman–Crippen LogP) is 4.54. The van der Waals surface area contributed by atoms with Crippen molar-refractivity contribution in [3.63, 3.8) is 0 Å². The van der Waals surface area contributed by atoms with Gasteiger partial charge in [0, 0.05) is 18.2 Å². The molecule has 1 amide bonds. The number of ether oxygens (including phenoxy) is 3. The SMILES string of the molecule is COc1cc(C(=O)N(Cc2ccccc2C(F)(F)F)C2CC2)cc(OC)c1OC. The molecule has 1 fully saturated rings. The number of carbonyl (C=O) groups excluding carboxylic acids is 1. The Bertz CT molecular complexity index is 869. The van der Waals surface area contributed by atoms with Crippen LogP contribution in [0.4, 0.5) is 13.2 Å². The number of methoxy groups -OCH3 is 3. The first-order valence-electron chi connectivity index (χ1n) is 9.06. The monoisotopic (exact) mass is 409 g/mol. The Morgan fingerprint density at radius 2 is 1.62 bits per heavy atom. The molecule has 1 aliphatic carbocycles. The third kappa shape index (κ3) is 4.41. The fourth-order valence-corrected chi connectivity index (χ4v) is 3.24. The average Bonchev–Trinajstić information content (AvgIpc) is 3.55. The number of nitrogens with zero attached hydrogens (tertiary/aromatic N) is 1. The molecule has 5 nitrogen and oxygen atoms in total. The van der Waals surface area contributed by atoms with Crippen molar-refractivity contribution < 1.29 is 32.2 Å². The lowest BCUT2D eigenvalue weighted by Crippen LogP contribution is -2.33. The molecule has 0 saturated heterocycles. The number of amides is 1. The summed E-state index contributed by atoms with van der Waals surface area (Å²) in [5.74, 6) is 0.568. The quantitative estimate of drug-likeness (QED) is 0.674. The average molecular weight is 409 g/mol. The van der Waals surface area contributed by atoms with Gasteiger partial charge in [0.25, 0.3) is 5.91 Å². The molecule has 0 bridgehead atoms. The minimum Gasteiger partial charge on any atom is -0.493 e. The summed E-state index contributed by atoms with van der Waals surface area (Å²) in [6, 6.07) is 8.24. The highest BCUT2D eigenvalue weighted by Crippen LogP contribution is 2.40. The number of benzene rings is 2. The maximum atomic E-state index is 13.4. The van der Waals surface area contributed by atoms with Crippen LogP contribution in [-0.2, 0) is 12.7 Å². The minimum atomic E-state index is -4.48. The van der Waals surface area contributed by atoms with E-state index in [1.807, 2.05) is 0 Å². The van der Waals surface area contributed by atoms with Crippen molar-refractivity contribution in [2.45, 2.75) is 31.6 Å². The first kappa shape index (κ1) is 20.8. The van der Waals surface area contributed by atoms with Gasteiger partial charge < -0.3 is 19.1 Å². The molecule has 0 radical (unpaired) electrons. The third-order valence-electron chi connectivity index (χ3n) is 4.82. The molecule has 29 heavy (non-hydrogen) atoms. The van der Waals surface area contributed by atoms with Crippen LogP contribution in [0.15, 0.2) is 36.4 Å². The Balaban J connectivity index is 1.97. The Hall–Kier alpha value is -2.90. The normalized spacial score (nSPS) is 13.7. The Morgan fingerprint density at radius 3 is 2.10 bits per heavy atom.